The van der Waals surface area contributed by atoms with E-state index in [1.807, 2.05) is 6.92 Å². The number of para-hydroxylation sites is 1. The van der Waals surface area contributed by atoms with E-state index in [-0.39, 0.29) is 24.4 Å². The van der Waals surface area contributed by atoms with Gasteiger partial charge in [-0.25, -0.2) is 0 Å². The number of likely N-dealkylation sites (N-methyl/N-ethyl adjacent to an activating group) is 1. The van der Waals surface area contributed by atoms with Crippen molar-refractivity contribution in [2.24, 2.45) is 0 Å². The molecule has 1 fully saturated rings. The van der Waals surface area contributed by atoms with Gasteiger partial charge in [0, 0.05) is 6.54 Å². The van der Waals surface area contributed by atoms with Gasteiger partial charge in [0.1, 0.15) is 0 Å². The molecule has 0 saturated carbocycles. The SMILES string of the molecule is CCN(CC(=O)Nc1c(Cl)cccc1Cl)C(=O)C1CCCN1. The molecule has 5 nitrogen and oxygen atoms in total. The van der Waals surface area contributed by atoms with Gasteiger partial charge in [-0.2, -0.15) is 0 Å². The number of carbonyl (C=O) groups excluding carboxylic acids is 2. The summed E-state index contributed by atoms with van der Waals surface area (Å²) in [5, 5.41) is 6.56. The van der Waals surface area contributed by atoms with Crippen LogP contribution in [-0.2, 0) is 9.59 Å². The summed E-state index contributed by atoms with van der Waals surface area (Å²) in [6.45, 7) is 3.15. The van der Waals surface area contributed by atoms with E-state index in [0.29, 0.717) is 22.3 Å². The molecule has 1 aliphatic rings. The van der Waals surface area contributed by atoms with Gasteiger partial charge in [0.2, 0.25) is 11.8 Å². The topological polar surface area (TPSA) is 61.4 Å². The molecule has 0 radical (unpaired) electrons. The molecule has 0 aromatic heterocycles. The fourth-order valence-electron chi connectivity index (χ4n) is 2.43. The average molecular weight is 344 g/mol. The van der Waals surface area contributed by atoms with Crippen molar-refractivity contribution in [2.45, 2.75) is 25.8 Å². The predicted molar refractivity (Wildman–Crippen MR) is 88.4 cm³/mol. The second-order valence-corrected chi connectivity index (χ2v) is 5.96. The maximum atomic E-state index is 12.3. The Morgan fingerprint density at radius 3 is 2.59 bits per heavy atom. The number of nitrogens with one attached hydrogen (secondary N) is 2. The van der Waals surface area contributed by atoms with E-state index in [1.54, 1.807) is 18.2 Å². The zero-order valence-electron chi connectivity index (χ0n) is 12.4. The van der Waals surface area contributed by atoms with Crippen molar-refractivity contribution in [3.8, 4) is 0 Å². The molecule has 1 saturated heterocycles. The Morgan fingerprint density at radius 2 is 2.05 bits per heavy atom. The molecule has 1 atom stereocenters. The number of anilines is 1. The van der Waals surface area contributed by atoms with Gasteiger partial charge in [0.25, 0.3) is 0 Å². The molecule has 1 aromatic carbocycles. The van der Waals surface area contributed by atoms with Crippen molar-refractivity contribution in [2.75, 3.05) is 25.0 Å². The number of halogens is 2. The highest BCUT2D eigenvalue weighted by molar-refractivity contribution is 6.39. The first-order valence-corrected chi connectivity index (χ1v) is 8.04. The third-order valence-corrected chi connectivity index (χ3v) is 4.24. The minimum absolute atomic E-state index is 0.0188. The molecule has 2 amide bonds. The van der Waals surface area contributed by atoms with Gasteiger partial charge < -0.3 is 15.5 Å². The zero-order valence-corrected chi connectivity index (χ0v) is 13.9. The standard InChI is InChI=1S/C15H19Cl2N3O2/c1-2-20(15(22)12-7-4-8-18-12)9-13(21)19-14-10(16)5-3-6-11(14)17/h3,5-6,12,18H,2,4,7-9H2,1H3,(H,19,21). The number of benzene rings is 1. The lowest BCUT2D eigenvalue weighted by molar-refractivity contribution is -0.136. The van der Waals surface area contributed by atoms with Crippen LogP contribution < -0.4 is 10.6 Å². The first kappa shape index (κ1) is 17.1. The summed E-state index contributed by atoms with van der Waals surface area (Å²) in [5.74, 6) is -0.358. The Bertz CT molecular complexity index is 539. The van der Waals surface area contributed by atoms with Crippen LogP contribution in [0.3, 0.4) is 0 Å². The minimum atomic E-state index is -0.316. The van der Waals surface area contributed by atoms with Gasteiger partial charge in [-0.05, 0) is 38.4 Å². The maximum Gasteiger partial charge on any atom is 0.244 e. The fourth-order valence-corrected chi connectivity index (χ4v) is 2.92. The summed E-state index contributed by atoms with van der Waals surface area (Å²) in [4.78, 5) is 26.0. The van der Waals surface area contributed by atoms with Crippen LogP contribution in [0.15, 0.2) is 18.2 Å². The summed E-state index contributed by atoms with van der Waals surface area (Å²) >= 11 is 12.0. The van der Waals surface area contributed by atoms with Crippen molar-refractivity contribution in [1.82, 2.24) is 10.2 Å². The smallest absolute Gasteiger partial charge is 0.244 e. The average Bonchev–Trinajstić information content (AvgIpc) is 3.02. The molecule has 2 N–H and O–H groups in total. The van der Waals surface area contributed by atoms with Crippen LogP contribution in [0, 0.1) is 0 Å². The molecule has 22 heavy (non-hydrogen) atoms. The van der Waals surface area contributed by atoms with Crippen LogP contribution in [0.1, 0.15) is 19.8 Å². The Hall–Kier alpha value is -1.30. The first-order valence-electron chi connectivity index (χ1n) is 7.29. The number of hydrogen-bond donors (Lipinski definition) is 2. The van der Waals surface area contributed by atoms with E-state index < -0.39 is 0 Å². The van der Waals surface area contributed by atoms with Crippen LogP contribution in [-0.4, -0.2) is 42.4 Å². The normalized spacial score (nSPS) is 17.3. The lowest BCUT2D eigenvalue weighted by Crippen LogP contribution is -2.46. The van der Waals surface area contributed by atoms with Crippen LogP contribution in [0.25, 0.3) is 0 Å². The summed E-state index contributed by atoms with van der Waals surface area (Å²) in [5.41, 5.74) is 0.373. The second kappa shape index (κ2) is 7.81. The lowest BCUT2D eigenvalue weighted by atomic mass is 10.2. The molecule has 0 bridgehead atoms. The number of rotatable bonds is 5. The van der Waals surface area contributed by atoms with Gasteiger partial charge in [-0.15, -0.1) is 0 Å². The van der Waals surface area contributed by atoms with Crippen molar-refractivity contribution < 1.29 is 9.59 Å². The number of carbonyl (C=O) groups is 2. The largest absolute Gasteiger partial charge is 0.332 e. The monoisotopic (exact) mass is 343 g/mol. The molecule has 1 aromatic rings. The molecule has 1 unspecified atom stereocenters. The van der Waals surface area contributed by atoms with Gasteiger partial charge in [-0.3, -0.25) is 9.59 Å². The Morgan fingerprint density at radius 1 is 1.36 bits per heavy atom. The van der Waals surface area contributed by atoms with E-state index in [0.717, 1.165) is 19.4 Å². The van der Waals surface area contributed by atoms with Gasteiger partial charge in [-0.1, -0.05) is 29.3 Å². The lowest BCUT2D eigenvalue weighted by Gasteiger charge is -2.24. The molecule has 120 valence electrons. The zero-order chi connectivity index (χ0) is 16.1. The van der Waals surface area contributed by atoms with E-state index in [4.69, 9.17) is 23.2 Å². The van der Waals surface area contributed by atoms with Crippen LogP contribution in [0.4, 0.5) is 5.69 Å². The molecule has 0 spiro atoms. The van der Waals surface area contributed by atoms with E-state index in [1.165, 1.54) is 4.90 Å². The van der Waals surface area contributed by atoms with Crippen LogP contribution in [0.2, 0.25) is 10.0 Å². The number of hydrogen-bond acceptors (Lipinski definition) is 3. The Kier molecular flexibility index (Phi) is 6.06. The fraction of sp³-hybridized carbons (Fsp3) is 0.467. The molecular weight excluding hydrogens is 325 g/mol. The third kappa shape index (κ3) is 4.12. The molecule has 7 heteroatoms. The predicted octanol–water partition coefficient (Wildman–Crippen LogP) is 2.53. The van der Waals surface area contributed by atoms with Crippen molar-refractivity contribution >= 4 is 40.7 Å². The molecule has 2 rings (SSSR count). The first-order chi connectivity index (χ1) is 10.5. The molecule has 1 aliphatic heterocycles. The van der Waals surface area contributed by atoms with Gasteiger partial charge in [0.05, 0.1) is 28.3 Å². The second-order valence-electron chi connectivity index (χ2n) is 5.15. The quantitative estimate of drug-likeness (QED) is 0.863. The Labute approximate surface area is 139 Å². The van der Waals surface area contributed by atoms with Crippen molar-refractivity contribution in [3.05, 3.63) is 28.2 Å². The summed E-state index contributed by atoms with van der Waals surface area (Å²) in [6.07, 6.45) is 1.79. The van der Waals surface area contributed by atoms with E-state index >= 15 is 0 Å². The summed E-state index contributed by atoms with van der Waals surface area (Å²) < 4.78 is 0. The molecule has 0 aliphatic carbocycles. The van der Waals surface area contributed by atoms with Crippen LogP contribution in [0.5, 0.6) is 0 Å². The highest BCUT2D eigenvalue weighted by Crippen LogP contribution is 2.29. The Balaban J connectivity index is 1.98. The van der Waals surface area contributed by atoms with E-state index in [9.17, 15) is 9.59 Å². The highest BCUT2D eigenvalue weighted by Gasteiger charge is 2.27. The molecule has 1 heterocycles. The van der Waals surface area contributed by atoms with Crippen molar-refractivity contribution in [1.29, 1.82) is 0 Å². The van der Waals surface area contributed by atoms with Gasteiger partial charge >= 0.3 is 0 Å². The van der Waals surface area contributed by atoms with Crippen molar-refractivity contribution in [3.63, 3.8) is 0 Å². The van der Waals surface area contributed by atoms with Gasteiger partial charge in [0.15, 0.2) is 0 Å². The summed E-state index contributed by atoms with van der Waals surface area (Å²) in [6, 6.07) is 4.81. The number of amides is 2. The van der Waals surface area contributed by atoms with Crippen LogP contribution >= 0.6 is 23.2 Å². The minimum Gasteiger partial charge on any atom is -0.332 e. The molecular formula is C15H19Cl2N3O2. The highest BCUT2D eigenvalue weighted by atomic mass is 35.5. The maximum absolute atomic E-state index is 12.3. The third-order valence-electron chi connectivity index (χ3n) is 3.61. The van der Waals surface area contributed by atoms with E-state index in [2.05, 4.69) is 10.6 Å². The summed E-state index contributed by atoms with van der Waals surface area (Å²) in [7, 11) is 0. The number of nitrogens with zero attached hydrogens (tertiary/aromatic N) is 1.